The summed E-state index contributed by atoms with van der Waals surface area (Å²) in [4.78, 5) is 38.7. The van der Waals surface area contributed by atoms with E-state index in [1.807, 2.05) is 0 Å². The van der Waals surface area contributed by atoms with Crippen molar-refractivity contribution in [1.82, 2.24) is 10.2 Å². The lowest BCUT2D eigenvalue weighted by atomic mass is 9.97. The minimum absolute atomic E-state index is 0.0229. The van der Waals surface area contributed by atoms with Gasteiger partial charge in [-0.05, 0) is 19.3 Å². The van der Waals surface area contributed by atoms with Crippen LogP contribution in [0.15, 0.2) is 17.8 Å². The van der Waals surface area contributed by atoms with Crippen molar-refractivity contribution in [3.8, 4) is 0 Å². The molecular formula is C20H23F2N3O4. The number of nitrogens with zero attached hydrogens (tertiary/aromatic N) is 2. The summed E-state index contributed by atoms with van der Waals surface area (Å²) in [5, 5.41) is 2.52. The maximum Gasteiger partial charge on any atom is 0.414 e. The van der Waals surface area contributed by atoms with Crippen molar-refractivity contribution in [2.45, 2.75) is 32.3 Å². The molecule has 0 saturated carbocycles. The summed E-state index contributed by atoms with van der Waals surface area (Å²) in [6.45, 7) is 1.36. The molecule has 0 unspecified atom stereocenters. The molecular weight excluding hydrogens is 384 g/mol. The first-order valence-electron chi connectivity index (χ1n) is 9.34. The Morgan fingerprint density at radius 1 is 1.34 bits per heavy atom. The van der Waals surface area contributed by atoms with Crippen LogP contribution in [0.25, 0.3) is 0 Å². The van der Waals surface area contributed by atoms with Crippen molar-refractivity contribution >= 4 is 23.5 Å². The van der Waals surface area contributed by atoms with Crippen LogP contribution >= 0.6 is 0 Å². The zero-order valence-corrected chi connectivity index (χ0v) is 16.6. The predicted octanol–water partition coefficient (Wildman–Crippen LogP) is 2.39. The summed E-state index contributed by atoms with van der Waals surface area (Å²) < 4.78 is 35.3. The van der Waals surface area contributed by atoms with Crippen LogP contribution in [0.1, 0.15) is 35.7 Å². The van der Waals surface area contributed by atoms with E-state index < -0.39 is 29.6 Å². The van der Waals surface area contributed by atoms with Crippen LogP contribution in [0.5, 0.6) is 0 Å². The Labute approximate surface area is 167 Å². The van der Waals surface area contributed by atoms with Crippen LogP contribution in [0.3, 0.4) is 0 Å². The van der Waals surface area contributed by atoms with E-state index in [4.69, 9.17) is 4.74 Å². The average Bonchev–Trinajstić information content (AvgIpc) is 2.92. The van der Waals surface area contributed by atoms with Crippen LogP contribution < -0.4 is 10.2 Å². The molecule has 1 aromatic carbocycles. The van der Waals surface area contributed by atoms with Crippen molar-refractivity contribution in [2.24, 2.45) is 0 Å². The smallest absolute Gasteiger partial charge is 0.414 e. The van der Waals surface area contributed by atoms with Crippen LogP contribution in [0, 0.1) is 11.6 Å². The fourth-order valence-electron chi connectivity index (χ4n) is 3.59. The summed E-state index contributed by atoms with van der Waals surface area (Å²) in [5.74, 6) is -2.49. The number of carbonyl (C=O) groups excluding carboxylic acids is 3. The van der Waals surface area contributed by atoms with Gasteiger partial charge in [0.1, 0.15) is 11.9 Å². The summed E-state index contributed by atoms with van der Waals surface area (Å²) in [6, 6.07) is 0.868. The number of hydrogen-bond acceptors (Lipinski definition) is 5. The second-order valence-electron chi connectivity index (χ2n) is 7.40. The minimum atomic E-state index is -0.869. The Morgan fingerprint density at radius 2 is 2.07 bits per heavy atom. The summed E-state index contributed by atoms with van der Waals surface area (Å²) in [6.07, 6.45) is 1.18. The number of anilines is 1. The fraction of sp³-hybridized carbons (Fsp3) is 0.450. The van der Waals surface area contributed by atoms with Crippen molar-refractivity contribution in [1.29, 1.82) is 0 Å². The second kappa shape index (κ2) is 8.18. The summed E-state index contributed by atoms with van der Waals surface area (Å²) in [5.41, 5.74) is -0.148. The normalized spacial score (nSPS) is 20.4. The molecule has 0 spiro atoms. The number of nitrogens with one attached hydrogen (secondary N) is 1. The molecule has 2 amide bonds. The average molecular weight is 407 g/mol. The number of cyclic esters (lactones) is 1. The van der Waals surface area contributed by atoms with Gasteiger partial charge in [0, 0.05) is 44.4 Å². The van der Waals surface area contributed by atoms with E-state index in [1.54, 1.807) is 25.2 Å². The highest BCUT2D eigenvalue weighted by Crippen LogP contribution is 2.35. The highest BCUT2D eigenvalue weighted by Gasteiger charge is 2.37. The topological polar surface area (TPSA) is 79.0 Å². The molecule has 0 aromatic heterocycles. The van der Waals surface area contributed by atoms with E-state index in [-0.39, 0.29) is 42.2 Å². The summed E-state index contributed by atoms with van der Waals surface area (Å²) in [7, 11) is 3.50. The Hall–Kier alpha value is -2.97. The lowest BCUT2D eigenvalue weighted by Crippen LogP contribution is -2.33. The third-order valence-corrected chi connectivity index (χ3v) is 4.84. The first kappa shape index (κ1) is 20.8. The van der Waals surface area contributed by atoms with Gasteiger partial charge in [0.25, 0.3) is 0 Å². The molecule has 1 aliphatic heterocycles. The van der Waals surface area contributed by atoms with E-state index in [2.05, 4.69) is 5.32 Å². The maximum absolute atomic E-state index is 15.3. The molecule has 0 bridgehead atoms. The molecule has 1 atom stereocenters. The van der Waals surface area contributed by atoms with Gasteiger partial charge in [-0.2, -0.15) is 0 Å². The van der Waals surface area contributed by atoms with Crippen LogP contribution in [-0.4, -0.2) is 56.0 Å². The van der Waals surface area contributed by atoms with Gasteiger partial charge in [-0.25, -0.2) is 13.6 Å². The number of allylic oxidation sites excluding steroid dienone is 1. The van der Waals surface area contributed by atoms with Gasteiger partial charge in [-0.1, -0.05) is 0 Å². The number of amides is 2. The van der Waals surface area contributed by atoms with Gasteiger partial charge >= 0.3 is 6.09 Å². The molecule has 156 valence electrons. The number of carbonyl (C=O) groups is 3. The van der Waals surface area contributed by atoms with E-state index in [0.717, 1.165) is 11.0 Å². The molecule has 29 heavy (non-hydrogen) atoms. The lowest BCUT2D eigenvalue weighted by Gasteiger charge is -2.18. The van der Waals surface area contributed by atoms with Gasteiger partial charge in [-0.15, -0.1) is 0 Å². The highest BCUT2D eigenvalue weighted by molar-refractivity contribution is 6.10. The number of hydrogen-bond donors (Lipinski definition) is 1. The van der Waals surface area contributed by atoms with E-state index >= 15 is 4.39 Å². The number of benzene rings is 1. The Bertz CT molecular complexity index is 898. The van der Waals surface area contributed by atoms with Crippen LogP contribution in [0.2, 0.25) is 0 Å². The van der Waals surface area contributed by atoms with Gasteiger partial charge in [0.05, 0.1) is 24.3 Å². The number of ether oxygens (including phenoxy) is 1. The van der Waals surface area contributed by atoms with Crippen molar-refractivity contribution in [3.05, 3.63) is 40.6 Å². The third kappa shape index (κ3) is 4.23. The number of ketones is 1. The SMILES string of the molecule is CC(=O)NC[C@H]1CN(c2cc(F)c3c(c2F)CCCC(=CN(C)C)C3=O)C(=O)O1. The first-order valence-corrected chi connectivity index (χ1v) is 9.34. The van der Waals surface area contributed by atoms with Gasteiger partial charge < -0.3 is 15.0 Å². The fourth-order valence-corrected chi connectivity index (χ4v) is 3.59. The molecule has 9 heteroatoms. The van der Waals surface area contributed by atoms with E-state index in [0.29, 0.717) is 18.4 Å². The Morgan fingerprint density at radius 3 is 2.72 bits per heavy atom. The van der Waals surface area contributed by atoms with E-state index in [9.17, 15) is 18.8 Å². The maximum atomic E-state index is 15.3. The molecule has 1 heterocycles. The zero-order valence-electron chi connectivity index (χ0n) is 16.6. The number of halogens is 2. The molecule has 7 nitrogen and oxygen atoms in total. The minimum Gasteiger partial charge on any atom is -0.442 e. The van der Waals surface area contributed by atoms with Crippen LogP contribution in [0.4, 0.5) is 19.3 Å². The Balaban J connectivity index is 1.95. The lowest BCUT2D eigenvalue weighted by molar-refractivity contribution is -0.119. The summed E-state index contributed by atoms with van der Waals surface area (Å²) >= 11 is 0. The first-order chi connectivity index (χ1) is 13.7. The standard InChI is InChI=1S/C20H23F2N3O4/c1-11(26)23-8-13-10-25(20(28)29-13)16-7-15(21)17-14(18(16)22)6-4-5-12(19(17)27)9-24(2)3/h7,9,13H,4-6,8,10H2,1-3H3,(H,23,26)/t13-/m0/s1. The van der Waals surface area contributed by atoms with Gasteiger partial charge in [0.15, 0.2) is 11.6 Å². The van der Waals surface area contributed by atoms with Gasteiger partial charge in [-0.3, -0.25) is 14.5 Å². The number of fused-ring (bicyclic) bond motifs is 1. The molecule has 1 aromatic rings. The molecule has 1 aliphatic carbocycles. The molecule has 1 fully saturated rings. The van der Waals surface area contributed by atoms with Gasteiger partial charge in [0.2, 0.25) is 5.91 Å². The quantitative estimate of drug-likeness (QED) is 0.613. The monoisotopic (exact) mass is 407 g/mol. The van der Waals surface area contributed by atoms with E-state index in [1.165, 1.54) is 6.92 Å². The molecule has 3 rings (SSSR count). The largest absolute Gasteiger partial charge is 0.442 e. The van der Waals surface area contributed by atoms with Crippen molar-refractivity contribution in [2.75, 3.05) is 32.1 Å². The predicted molar refractivity (Wildman–Crippen MR) is 102 cm³/mol. The third-order valence-electron chi connectivity index (χ3n) is 4.84. The van der Waals surface area contributed by atoms with Crippen molar-refractivity contribution < 1.29 is 27.9 Å². The number of Topliss-reactive ketones (excluding diaryl/α,β-unsaturated/α-hetero) is 1. The van der Waals surface area contributed by atoms with Crippen LogP contribution in [-0.2, 0) is 16.0 Å². The second-order valence-corrected chi connectivity index (χ2v) is 7.40. The molecule has 2 aliphatic rings. The van der Waals surface area contributed by atoms with Crippen molar-refractivity contribution in [3.63, 3.8) is 0 Å². The molecule has 0 radical (unpaired) electrons. The highest BCUT2D eigenvalue weighted by atomic mass is 19.1. The molecule has 1 N–H and O–H groups in total. The number of rotatable bonds is 4. The molecule has 1 saturated heterocycles. The Kier molecular flexibility index (Phi) is 5.86. The zero-order chi connectivity index (χ0) is 21.3.